The van der Waals surface area contributed by atoms with Crippen molar-refractivity contribution in [2.24, 2.45) is 7.05 Å². The van der Waals surface area contributed by atoms with Crippen LogP contribution in [0.25, 0.3) is 0 Å². The van der Waals surface area contributed by atoms with Gasteiger partial charge in [0.1, 0.15) is 0 Å². The third kappa shape index (κ3) is 3.11. The number of aromatic nitrogens is 2. The number of rotatable bonds is 5. The van der Waals surface area contributed by atoms with Gasteiger partial charge in [0.05, 0.1) is 11.1 Å². The van der Waals surface area contributed by atoms with E-state index in [9.17, 15) is 10.1 Å². The van der Waals surface area contributed by atoms with Gasteiger partial charge in [0.15, 0.2) is 0 Å². The highest BCUT2D eigenvalue weighted by atomic mass is 16.6. The lowest BCUT2D eigenvalue weighted by molar-refractivity contribution is -0.385. The van der Waals surface area contributed by atoms with E-state index in [4.69, 9.17) is 0 Å². The number of hydrogen-bond donors (Lipinski definition) is 1. The first-order valence-corrected chi connectivity index (χ1v) is 6.86. The van der Waals surface area contributed by atoms with Crippen molar-refractivity contribution in [1.82, 2.24) is 15.1 Å². The van der Waals surface area contributed by atoms with Gasteiger partial charge >= 0.3 is 0 Å². The van der Waals surface area contributed by atoms with Gasteiger partial charge in [-0.15, -0.1) is 0 Å². The molecule has 0 spiro atoms. The quantitative estimate of drug-likeness (QED) is 0.678. The van der Waals surface area contributed by atoms with Crippen LogP contribution in [0.15, 0.2) is 24.4 Å². The Labute approximate surface area is 123 Å². The SMILES string of the molecule is Cc1c(C(C)NCc2cnn(C)c2C)cccc1[N+](=O)[O-]. The number of benzene rings is 1. The lowest BCUT2D eigenvalue weighted by Crippen LogP contribution is -2.19. The minimum absolute atomic E-state index is 0.0320. The Hall–Kier alpha value is -2.21. The largest absolute Gasteiger partial charge is 0.306 e. The van der Waals surface area contributed by atoms with Gasteiger partial charge in [0.2, 0.25) is 0 Å². The Balaban J connectivity index is 2.14. The van der Waals surface area contributed by atoms with E-state index in [1.54, 1.807) is 13.0 Å². The molecule has 0 fully saturated rings. The summed E-state index contributed by atoms with van der Waals surface area (Å²) in [5.41, 5.74) is 4.08. The topological polar surface area (TPSA) is 73.0 Å². The van der Waals surface area contributed by atoms with Gasteiger partial charge in [-0.1, -0.05) is 12.1 Å². The molecule has 0 aliphatic carbocycles. The molecule has 0 amide bonds. The minimum atomic E-state index is -0.336. The molecule has 6 heteroatoms. The average Bonchev–Trinajstić information content (AvgIpc) is 2.76. The van der Waals surface area contributed by atoms with Crippen molar-refractivity contribution in [3.05, 3.63) is 56.9 Å². The number of nitrogens with zero attached hydrogens (tertiary/aromatic N) is 3. The van der Waals surface area contributed by atoms with Crippen molar-refractivity contribution >= 4 is 5.69 Å². The molecule has 1 heterocycles. The van der Waals surface area contributed by atoms with Crippen LogP contribution in [0.5, 0.6) is 0 Å². The molecule has 0 saturated carbocycles. The van der Waals surface area contributed by atoms with Crippen molar-refractivity contribution < 1.29 is 4.92 Å². The Morgan fingerprint density at radius 1 is 1.43 bits per heavy atom. The van der Waals surface area contributed by atoms with Gasteiger partial charge in [-0.05, 0) is 26.3 Å². The van der Waals surface area contributed by atoms with Gasteiger partial charge in [0, 0.05) is 42.5 Å². The molecule has 21 heavy (non-hydrogen) atoms. The summed E-state index contributed by atoms with van der Waals surface area (Å²) in [6, 6.07) is 5.23. The highest BCUT2D eigenvalue weighted by molar-refractivity contribution is 5.45. The molecule has 1 atom stereocenters. The Morgan fingerprint density at radius 3 is 2.71 bits per heavy atom. The maximum absolute atomic E-state index is 11.0. The fourth-order valence-electron chi connectivity index (χ4n) is 2.40. The smallest absolute Gasteiger partial charge is 0.272 e. The zero-order valence-electron chi connectivity index (χ0n) is 12.8. The second kappa shape index (κ2) is 6.05. The third-order valence-corrected chi connectivity index (χ3v) is 3.95. The summed E-state index contributed by atoms with van der Waals surface area (Å²) < 4.78 is 1.83. The van der Waals surface area contributed by atoms with Gasteiger partial charge < -0.3 is 5.32 Å². The maximum atomic E-state index is 11.0. The normalized spacial score (nSPS) is 12.4. The molecule has 1 aromatic carbocycles. The average molecular weight is 288 g/mol. The van der Waals surface area contributed by atoms with Crippen LogP contribution in [0, 0.1) is 24.0 Å². The van der Waals surface area contributed by atoms with E-state index in [-0.39, 0.29) is 16.7 Å². The fourth-order valence-corrected chi connectivity index (χ4v) is 2.40. The van der Waals surface area contributed by atoms with Crippen molar-refractivity contribution in [2.75, 3.05) is 0 Å². The molecule has 0 bridgehead atoms. The first kappa shape index (κ1) is 15.2. The van der Waals surface area contributed by atoms with Crippen molar-refractivity contribution in [1.29, 1.82) is 0 Å². The van der Waals surface area contributed by atoms with E-state index in [0.29, 0.717) is 12.1 Å². The lowest BCUT2D eigenvalue weighted by Gasteiger charge is -2.16. The second-order valence-corrected chi connectivity index (χ2v) is 5.23. The molecule has 0 aliphatic heterocycles. The standard InChI is InChI=1S/C15H20N4O2/c1-10-14(6-5-7-15(10)19(20)21)11(2)16-8-13-9-17-18(4)12(13)3/h5-7,9,11,16H,8H2,1-4H3. The zero-order valence-corrected chi connectivity index (χ0v) is 12.8. The zero-order chi connectivity index (χ0) is 15.6. The summed E-state index contributed by atoms with van der Waals surface area (Å²) >= 11 is 0. The summed E-state index contributed by atoms with van der Waals surface area (Å²) in [6.45, 7) is 6.51. The van der Waals surface area contributed by atoms with Crippen LogP contribution in [0.1, 0.15) is 35.3 Å². The Kier molecular flexibility index (Phi) is 4.37. The first-order valence-electron chi connectivity index (χ1n) is 6.86. The summed E-state index contributed by atoms with van der Waals surface area (Å²) in [4.78, 5) is 10.7. The molecule has 112 valence electrons. The van der Waals surface area contributed by atoms with E-state index >= 15 is 0 Å². The van der Waals surface area contributed by atoms with E-state index < -0.39 is 0 Å². The van der Waals surface area contributed by atoms with Gasteiger partial charge in [-0.2, -0.15) is 5.10 Å². The molecule has 1 unspecified atom stereocenters. The summed E-state index contributed by atoms with van der Waals surface area (Å²) in [5.74, 6) is 0. The van der Waals surface area contributed by atoms with Crippen LogP contribution in [0.3, 0.4) is 0 Å². The molecule has 2 aromatic rings. The second-order valence-electron chi connectivity index (χ2n) is 5.23. The minimum Gasteiger partial charge on any atom is -0.306 e. The highest BCUT2D eigenvalue weighted by Gasteiger charge is 2.17. The number of nitro groups is 1. The number of hydrogen-bond acceptors (Lipinski definition) is 4. The highest BCUT2D eigenvalue weighted by Crippen LogP contribution is 2.26. The van der Waals surface area contributed by atoms with Crippen molar-refractivity contribution in [3.8, 4) is 0 Å². The van der Waals surface area contributed by atoms with Crippen molar-refractivity contribution in [2.45, 2.75) is 33.4 Å². The molecule has 2 rings (SSSR count). The van der Waals surface area contributed by atoms with Crippen LogP contribution in [0.2, 0.25) is 0 Å². The van der Waals surface area contributed by atoms with E-state index in [2.05, 4.69) is 10.4 Å². The Bertz CT molecular complexity index is 664. The predicted octanol–water partition coefficient (Wildman–Crippen LogP) is 2.80. The molecule has 6 nitrogen and oxygen atoms in total. The van der Waals surface area contributed by atoms with E-state index in [1.807, 2.05) is 37.8 Å². The molecular formula is C15H20N4O2. The van der Waals surface area contributed by atoms with Crippen LogP contribution >= 0.6 is 0 Å². The summed E-state index contributed by atoms with van der Waals surface area (Å²) in [6.07, 6.45) is 1.84. The molecule has 0 radical (unpaired) electrons. The maximum Gasteiger partial charge on any atom is 0.272 e. The van der Waals surface area contributed by atoms with Gasteiger partial charge in [-0.3, -0.25) is 14.8 Å². The van der Waals surface area contributed by atoms with Gasteiger partial charge in [-0.25, -0.2) is 0 Å². The predicted molar refractivity (Wildman–Crippen MR) is 81.0 cm³/mol. The van der Waals surface area contributed by atoms with E-state index in [1.165, 1.54) is 6.07 Å². The summed E-state index contributed by atoms with van der Waals surface area (Å²) in [5, 5.41) is 18.6. The molecule has 1 aromatic heterocycles. The first-order chi connectivity index (χ1) is 9.91. The molecule has 1 N–H and O–H groups in total. The van der Waals surface area contributed by atoms with Gasteiger partial charge in [0.25, 0.3) is 5.69 Å². The third-order valence-electron chi connectivity index (χ3n) is 3.95. The summed E-state index contributed by atoms with van der Waals surface area (Å²) in [7, 11) is 1.91. The van der Waals surface area contributed by atoms with Crippen molar-refractivity contribution in [3.63, 3.8) is 0 Å². The number of aryl methyl sites for hydroxylation is 1. The van der Waals surface area contributed by atoms with Crippen LogP contribution in [0.4, 0.5) is 5.69 Å². The number of nitrogens with one attached hydrogen (secondary N) is 1. The van der Waals surface area contributed by atoms with E-state index in [0.717, 1.165) is 16.8 Å². The van der Waals surface area contributed by atoms with Crippen LogP contribution in [-0.4, -0.2) is 14.7 Å². The van der Waals surface area contributed by atoms with Crippen LogP contribution < -0.4 is 5.32 Å². The Morgan fingerprint density at radius 2 is 2.14 bits per heavy atom. The molecule has 0 saturated heterocycles. The lowest BCUT2D eigenvalue weighted by atomic mass is 10.0. The monoisotopic (exact) mass is 288 g/mol. The molecule has 0 aliphatic rings. The molecular weight excluding hydrogens is 268 g/mol. The number of nitro benzene ring substituents is 1. The fraction of sp³-hybridized carbons (Fsp3) is 0.400. The van der Waals surface area contributed by atoms with Crippen LogP contribution in [-0.2, 0) is 13.6 Å².